The van der Waals surface area contributed by atoms with Crippen LogP contribution in [-0.4, -0.2) is 33.6 Å². The number of aliphatic hydroxyl groups is 1. The first-order valence-electron chi connectivity index (χ1n) is 5.05. The number of carbonyl (C=O) groups excluding carboxylic acids is 1. The first-order chi connectivity index (χ1) is 7.49. The van der Waals surface area contributed by atoms with Crippen LogP contribution in [0, 0.1) is 13.8 Å². The molecule has 3 N–H and O–H groups in total. The molecule has 0 saturated carbocycles. The lowest BCUT2D eigenvalue weighted by Gasteiger charge is -2.01. The number of hydrogen-bond donors (Lipinski definition) is 3. The van der Waals surface area contributed by atoms with E-state index in [1.54, 1.807) is 13.8 Å². The topological polar surface area (TPSA) is 90.4 Å². The summed E-state index contributed by atoms with van der Waals surface area (Å²) >= 11 is 0. The number of carbonyl (C=O) groups is 2. The standard InChI is InChI=1S/C11H15NO4/c1-6-7(2)12-10(11(15)16)9(6)8(14)4-3-5-13/h12-13H,3-5H2,1-2H3,(H,15,16). The molecule has 88 valence electrons. The number of aliphatic hydroxyl groups excluding tert-OH is 1. The van der Waals surface area contributed by atoms with Crippen molar-refractivity contribution < 1.29 is 19.8 Å². The molecule has 0 unspecified atom stereocenters. The second kappa shape index (κ2) is 4.94. The third-order valence-electron chi connectivity index (χ3n) is 2.55. The van der Waals surface area contributed by atoms with Crippen molar-refractivity contribution in [2.75, 3.05) is 6.61 Å². The van der Waals surface area contributed by atoms with Crippen LogP contribution in [0.1, 0.15) is 44.9 Å². The van der Waals surface area contributed by atoms with E-state index in [4.69, 9.17) is 10.2 Å². The lowest BCUT2D eigenvalue weighted by molar-refractivity contribution is 0.0686. The zero-order chi connectivity index (χ0) is 12.3. The molecule has 0 aliphatic heterocycles. The average molecular weight is 225 g/mol. The zero-order valence-electron chi connectivity index (χ0n) is 9.33. The van der Waals surface area contributed by atoms with Crippen molar-refractivity contribution in [2.24, 2.45) is 0 Å². The first kappa shape index (κ1) is 12.4. The van der Waals surface area contributed by atoms with Gasteiger partial charge in [0.2, 0.25) is 0 Å². The number of H-pyrrole nitrogens is 1. The van der Waals surface area contributed by atoms with Crippen LogP contribution in [0.25, 0.3) is 0 Å². The summed E-state index contributed by atoms with van der Waals surface area (Å²) in [6.07, 6.45) is 0.510. The number of carboxylic acid groups (broad SMARTS) is 1. The Morgan fingerprint density at radius 3 is 2.44 bits per heavy atom. The summed E-state index contributed by atoms with van der Waals surface area (Å²) in [7, 11) is 0. The molecule has 0 saturated heterocycles. The van der Waals surface area contributed by atoms with E-state index < -0.39 is 5.97 Å². The fourth-order valence-corrected chi connectivity index (χ4v) is 1.59. The maximum Gasteiger partial charge on any atom is 0.353 e. The second-order valence-corrected chi connectivity index (χ2v) is 3.68. The molecule has 0 fully saturated rings. The van der Waals surface area contributed by atoms with E-state index in [2.05, 4.69) is 4.98 Å². The minimum Gasteiger partial charge on any atom is -0.477 e. The van der Waals surface area contributed by atoms with Crippen LogP contribution in [0.3, 0.4) is 0 Å². The van der Waals surface area contributed by atoms with E-state index in [9.17, 15) is 9.59 Å². The van der Waals surface area contributed by atoms with Crippen LogP contribution in [0.4, 0.5) is 0 Å². The van der Waals surface area contributed by atoms with Gasteiger partial charge in [-0.25, -0.2) is 4.79 Å². The molecular formula is C11H15NO4. The molecule has 0 bridgehead atoms. The summed E-state index contributed by atoms with van der Waals surface area (Å²) in [5, 5.41) is 17.6. The monoisotopic (exact) mass is 225 g/mol. The van der Waals surface area contributed by atoms with E-state index in [0.717, 1.165) is 0 Å². The van der Waals surface area contributed by atoms with E-state index in [1.165, 1.54) is 0 Å². The van der Waals surface area contributed by atoms with Crippen molar-refractivity contribution in [1.82, 2.24) is 4.98 Å². The van der Waals surface area contributed by atoms with Gasteiger partial charge in [0.25, 0.3) is 0 Å². The maximum atomic E-state index is 11.8. The number of Topliss-reactive ketones (excluding diaryl/α,β-unsaturated/α-hetero) is 1. The van der Waals surface area contributed by atoms with Crippen molar-refractivity contribution in [3.05, 3.63) is 22.5 Å². The highest BCUT2D eigenvalue weighted by atomic mass is 16.4. The fourth-order valence-electron chi connectivity index (χ4n) is 1.59. The normalized spacial score (nSPS) is 10.4. The average Bonchev–Trinajstić information content (AvgIpc) is 2.52. The lowest BCUT2D eigenvalue weighted by Crippen LogP contribution is -2.08. The van der Waals surface area contributed by atoms with Gasteiger partial charge in [-0.2, -0.15) is 0 Å². The van der Waals surface area contributed by atoms with Crippen molar-refractivity contribution in [1.29, 1.82) is 0 Å². The van der Waals surface area contributed by atoms with Gasteiger partial charge >= 0.3 is 5.97 Å². The van der Waals surface area contributed by atoms with Crippen molar-refractivity contribution in [3.63, 3.8) is 0 Å². The van der Waals surface area contributed by atoms with Gasteiger partial charge < -0.3 is 15.2 Å². The molecule has 0 radical (unpaired) electrons. The van der Waals surface area contributed by atoms with E-state index in [0.29, 0.717) is 17.7 Å². The van der Waals surface area contributed by atoms with Crippen LogP contribution in [0.5, 0.6) is 0 Å². The van der Waals surface area contributed by atoms with E-state index >= 15 is 0 Å². The van der Waals surface area contributed by atoms with Gasteiger partial charge in [0.15, 0.2) is 5.78 Å². The molecular weight excluding hydrogens is 210 g/mol. The number of aromatic nitrogens is 1. The van der Waals surface area contributed by atoms with Crippen LogP contribution in [0.15, 0.2) is 0 Å². The molecule has 0 aliphatic carbocycles. The van der Waals surface area contributed by atoms with Gasteiger partial charge in [-0.1, -0.05) is 0 Å². The Kier molecular flexibility index (Phi) is 3.84. The van der Waals surface area contributed by atoms with Crippen LogP contribution < -0.4 is 0 Å². The van der Waals surface area contributed by atoms with Crippen molar-refractivity contribution >= 4 is 11.8 Å². The molecule has 1 aromatic heterocycles. The largest absolute Gasteiger partial charge is 0.477 e. The van der Waals surface area contributed by atoms with Gasteiger partial charge in [0, 0.05) is 18.7 Å². The Labute approximate surface area is 93.1 Å². The molecule has 0 amide bonds. The second-order valence-electron chi connectivity index (χ2n) is 3.68. The SMILES string of the molecule is Cc1[nH]c(C(=O)O)c(C(=O)CCCO)c1C. The molecule has 5 heteroatoms. The molecule has 1 rings (SSSR count). The molecule has 0 spiro atoms. The fraction of sp³-hybridized carbons (Fsp3) is 0.455. The predicted molar refractivity (Wildman–Crippen MR) is 57.9 cm³/mol. The molecule has 5 nitrogen and oxygen atoms in total. The van der Waals surface area contributed by atoms with E-state index in [1.807, 2.05) is 0 Å². The highest BCUT2D eigenvalue weighted by Gasteiger charge is 2.22. The van der Waals surface area contributed by atoms with E-state index in [-0.39, 0.29) is 30.1 Å². The van der Waals surface area contributed by atoms with Crippen molar-refractivity contribution in [2.45, 2.75) is 26.7 Å². The summed E-state index contributed by atoms with van der Waals surface area (Å²) in [6.45, 7) is 3.37. The molecule has 0 aliphatic rings. The van der Waals surface area contributed by atoms with Gasteiger partial charge in [-0.3, -0.25) is 4.79 Å². The molecule has 1 aromatic rings. The number of ketones is 1. The number of carboxylic acids is 1. The Morgan fingerprint density at radius 1 is 1.31 bits per heavy atom. The van der Waals surface area contributed by atoms with Gasteiger partial charge in [0.1, 0.15) is 5.69 Å². The maximum absolute atomic E-state index is 11.8. The third kappa shape index (κ3) is 2.30. The van der Waals surface area contributed by atoms with Crippen LogP contribution >= 0.6 is 0 Å². The first-order valence-corrected chi connectivity index (χ1v) is 5.05. The third-order valence-corrected chi connectivity index (χ3v) is 2.55. The Balaban J connectivity index is 3.10. The smallest absolute Gasteiger partial charge is 0.353 e. The Hall–Kier alpha value is -1.62. The predicted octanol–water partition coefficient (Wildman–Crippen LogP) is 1.28. The van der Waals surface area contributed by atoms with Crippen LogP contribution in [0.2, 0.25) is 0 Å². The molecule has 0 aromatic carbocycles. The lowest BCUT2D eigenvalue weighted by atomic mass is 10.0. The molecule has 16 heavy (non-hydrogen) atoms. The summed E-state index contributed by atoms with van der Waals surface area (Å²) in [6, 6.07) is 0. The minimum atomic E-state index is -1.14. The minimum absolute atomic E-state index is 0.0575. The summed E-state index contributed by atoms with van der Waals surface area (Å²) in [4.78, 5) is 25.4. The summed E-state index contributed by atoms with van der Waals surface area (Å²) < 4.78 is 0. The quantitative estimate of drug-likeness (QED) is 0.658. The van der Waals surface area contributed by atoms with Crippen molar-refractivity contribution in [3.8, 4) is 0 Å². The Bertz CT molecular complexity index is 420. The molecule has 1 heterocycles. The number of aromatic carboxylic acids is 1. The number of hydrogen-bond acceptors (Lipinski definition) is 3. The highest BCUT2D eigenvalue weighted by molar-refractivity contribution is 6.06. The number of aryl methyl sites for hydroxylation is 1. The summed E-state index contributed by atoms with van der Waals surface area (Å²) in [5.41, 5.74) is 1.53. The van der Waals surface area contributed by atoms with Gasteiger partial charge in [0.05, 0.1) is 5.56 Å². The van der Waals surface area contributed by atoms with Gasteiger partial charge in [-0.15, -0.1) is 0 Å². The van der Waals surface area contributed by atoms with Gasteiger partial charge in [-0.05, 0) is 25.8 Å². The highest BCUT2D eigenvalue weighted by Crippen LogP contribution is 2.20. The zero-order valence-corrected chi connectivity index (χ0v) is 9.33. The number of rotatable bonds is 5. The summed E-state index contributed by atoms with van der Waals surface area (Å²) in [5.74, 6) is -1.38. The number of nitrogens with one attached hydrogen (secondary N) is 1. The number of aromatic amines is 1. The molecule has 0 atom stereocenters. The van der Waals surface area contributed by atoms with Crippen LogP contribution in [-0.2, 0) is 0 Å². The Morgan fingerprint density at radius 2 is 1.94 bits per heavy atom.